The van der Waals surface area contributed by atoms with E-state index in [4.69, 9.17) is 4.42 Å². The van der Waals surface area contributed by atoms with E-state index >= 15 is 0 Å². The minimum Gasteiger partial charge on any atom is -0.467 e. The van der Waals surface area contributed by atoms with Crippen LogP contribution in [0, 0.1) is 12.8 Å². The summed E-state index contributed by atoms with van der Waals surface area (Å²) >= 11 is 1.52. The smallest absolute Gasteiger partial charge is 0.236 e. The Kier molecular flexibility index (Phi) is 6.27. The summed E-state index contributed by atoms with van der Waals surface area (Å²) in [6.07, 6.45) is 3.86. The number of aryl methyl sites for hydroxylation is 1. The molecule has 158 valence electrons. The van der Waals surface area contributed by atoms with Crippen LogP contribution in [0.3, 0.4) is 0 Å². The van der Waals surface area contributed by atoms with Crippen molar-refractivity contribution in [1.82, 2.24) is 19.7 Å². The predicted molar refractivity (Wildman–Crippen MR) is 118 cm³/mol. The third-order valence-electron chi connectivity index (χ3n) is 5.50. The highest BCUT2D eigenvalue weighted by Crippen LogP contribution is 2.33. The Morgan fingerprint density at radius 2 is 1.90 bits per heavy atom. The van der Waals surface area contributed by atoms with Crippen molar-refractivity contribution in [3.63, 3.8) is 0 Å². The van der Waals surface area contributed by atoms with Crippen molar-refractivity contribution >= 4 is 17.7 Å². The lowest BCUT2D eigenvalue weighted by Gasteiger charge is -2.25. The Hall–Kier alpha value is -2.54. The standard InChI is InChI=1S/C23H28N4O2S/c1-16(2)20(22(28)26-12-6-7-13-26)30-23-25-24-21(19-11-5-4-9-17(19)3)27(23)15-18-10-8-14-29-18/h4-5,8-11,14,16,20H,6-7,12-13,15H2,1-3H3. The van der Waals surface area contributed by atoms with Crippen LogP contribution in [0.15, 0.2) is 52.2 Å². The van der Waals surface area contributed by atoms with Crippen LogP contribution in [0.1, 0.15) is 38.0 Å². The number of amides is 1. The van der Waals surface area contributed by atoms with Crippen LogP contribution in [0.4, 0.5) is 0 Å². The number of hydrogen-bond donors (Lipinski definition) is 0. The zero-order valence-electron chi connectivity index (χ0n) is 17.7. The fourth-order valence-electron chi connectivity index (χ4n) is 3.80. The maximum absolute atomic E-state index is 13.2. The topological polar surface area (TPSA) is 64.2 Å². The molecule has 1 aliphatic heterocycles. The molecular formula is C23H28N4O2S. The lowest BCUT2D eigenvalue weighted by Crippen LogP contribution is -2.38. The van der Waals surface area contributed by atoms with Gasteiger partial charge in [-0.25, -0.2) is 0 Å². The van der Waals surface area contributed by atoms with Crippen LogP contribution in [0.5, 0.6) is 0 Å². The molecular weight excluding hydrogens is 396 g/mol. The van der Waals surface area contributed by atoms with Gasteiger partial charge >= 0.3 is 0 Å². The summed E-state index contributed by atoms with van der Waals surface area (Å²) in [5.41, 5.74) is 2.17. The van der Waals surface area contributed by atoms with Crippen molar-refractivity contribution in [3.8, 4) is 11.4 Å². The van der Waals surface area contributed by atoms with Gasteiger partial charge in [-0.05, 0) is 43.4 Å². The van der Waals surface area contributed by atoms with E-state index in [1.54, 1.807) is 6.26 Å². The normalized spacial score (nSPS) is 15.1. The molecule has 3 aromatic rings. The molecule has 1 unspecified atom stereocenters. The van der Waals surface area contributed by atoms with Crippen molar-refractivity contribution in [1.29, 1.82) is 0 Å². The van der Waals surface area contributed by atoms with E-state index in [0.717, 1.165) is 53.8 Å². The van der Waals surface area contributed by atoms with Gasteiger partial charge in [0.1, 0.15) is 5.76 Å². The lowest BCUT2D eigenvalue weighted by atomic mass is 10.1. The number of carbonyl (C=O) groups is 1. The van der Waals surface area contributed by atoms with Gasteiger partial charge in [-0.15, -0.1) is 10.2 Å². The van der Waals surface area contributed by atoms with Gasteiger partial charge in [0.25, 0.3) is 0 Å². The number of nitrogens with zero attached hydrogens (tertiary/aromatic N) is 4. The summed E-state index contributed by atoms with van der Waals surface area (Å²) < 4.78 is 7.67. The maximum Gasteiger partial charge on any atom is 0.236 e. The molecule has 1 fully saturated rings. The molecule has 0 bridgehead atoms. The van der Waals surface area contributed by atoms with Gasteiger partial charge in [-0.3, -0.25) is 9.36 Å². The van der Waals surface area contributed by atoms with Gasteiger partial charge in [-0.2, -0.15) is 0 Å². The molecule has 1 amide bonds. The van der Waals surface area contributed by atoms with E-state index in [1.807, 2.05) is 29.2 Å². The molecule has 0 radical (unpaired) electrons. The molecule has 1 atom stereocenters. The molecule has 7 heteroatoms. The van der Waals surface area contributed by atoms with Crippen molar-refractivity contribution in [2.75, 3.05) is 13.1 Å². The Morgan fingerprint density at radius 3 is 2.57 bits per heavy atom. The highest BCUT2D eigenvalue weighted by Gasteiger charge is 2.32. The van der Waals surface area contributed by atoms with Crippen molar-refractivity contribution in [2.45, 2.75) is 50.6 Å². The fraction of sp³-hybridized carbons (Fsp3) is 0.435. The average molecular weight is 425 g/mol. The number of hydrogen-bond acceptors (Lipinski definition) is 5. The number of thioether (sulfide) groups is 1. The number of furan rings is 1. The summed E-state index contributed by atoms with van der Waals surface area (Å²) in [5, 5.41) is 9.59. The lowest BCUT2D eigenvalue weighted by molar-refractivity contribution is -0.130. The quantitative estimate of drug-likeness (QED) is 0.517. The molecule has 1 aliphatic rings. The van der Waals surface area contributed by atoms with E-state index in [0.29, 0.717) is 6.54 Å². The first-order chi connectivity index (χ1) is 14.5. The fourth-order valence-corrected chi connectivity index (χ4v) is 4.92. The zero-order chi connectivity index (χ0) is 21.1. The molecule has 30 heavy (non-hydrogen) atoms. The molecule has 0 N–H and O–H groups in total. The summed E-state index contributed by atoms with van der Waals surface area (Å²) in [7, 11) is 0. The highest BCUT2D eigenvalue weighted by atomic mass is 32.2. The number of benzene rings is 1. The number of likely N-dealkylation sites (tertiary alicyclic amines) is 1. The first-order valence-corrected chi connectivity index (χ1v) is 11.4. The summed E-state index contributed by atoms with van der Waals surface area (Å²) in [6.45, 7) is 8.51. The van der Waals surface area contributed by atoms with Crippen LogP contribution in [-0.4, -0.2) is 43.9 Å². The minimum atomic E-state index is -0.188. The molecule has 2 aromatic heterocycles. The Bertz CT molecular complexity index is 991. The van der Waals surface area contributed by atoms with Gasteiger partial charge in [-0.1, -0.05) is 49.9 Å². The Morgan fingerprint density at radius 1 is 1.13 bits per heavy atom. The number of rotatable bonds is 7. The van der Waals surface area contributed by atoms with E-state index in [1.165, 1.54) is 11.8 Å². The van der Waals surface area contributed by atoms with E-state index < -0.39 is 0 Å². The summed E-state index contributed by atoms with van der Waals surface area (Å²) in [5.74, 6) is 2.03. The van der Waals surface area contributed by atoms with E-state index in [9.17, 15) is 4.79 Å². The summed E-state index contributed by atoms with van der Waals surface area (Å²) in [4.78, 5) is 15.2. The van der Waals surface area contributed by atoms with Crippen molar-refractivity contribution < 1.29 is 9.21 Å². The first-order valence-electron chi connectivity index (χ1n) is 10.5. The Labute approximate surface area is 181 Å². The Balaban J connectivity index is 1.69. The molecule has 0 aliphatic carbocycles. The van der Waals surface area contributed by atoms with Gasteiger partial charge in [0, 0.05) is 18.7 Å². The molecule has 1 saturated heterocycles. The molecule has 1 aromatic carbocycles. The van der Waals surface area contributed by atoms with Gasteiger partial charge < -0.3 is 9.32 Å². The van der Waals surface area contributed by atoms with Crippen LogP contribution >= 0.6 is 11.8 Å². The average Bonchev–Trinajstić information content (AvgIpc) is 3.49. The second-order valence-corrected chi connectivity index (χ2v) is 9.21. The maximum atomic E-state index is 13.2. The van der Waals surface area contributed by atoms with Crippen LogP contribution in [0.2, 0.25) is 0 Å². The minimum absolute atomic E-state index is 0.188. The SMILES string of the molecule is Cc1ccccc1-c1nnc(SC(C(=O)N2CCCC2)C(C)C)n1Cc1ccco1. The predicted octanol–water partition coefficient (Wildman–Crippen LogP) is 4.63. The van der Waals surface area contributed by atoms with Crippen molar-refractivity contribution in [2.24, 2.45) is 5.92 Å². The molecule has 0 saturated carbocycles. The summed E-state index contributed by atoms with van der Waals surface area (Å²) in [6, 6.07) is 12.0. The van der Waals surface area contributed by atoms with Gasteiger partial charge in [0.05, 0.1) is 18.1 Å². The van der Waals surface area contributed by atoms with Crippen molar-refractivity contribution in [3.05, 3.63) is 54.0 Å². The number of carbonyl (C=O) groups excluding carboxylic acids is 1. The van der Waals surface area contributed by atoms with Crippen LogP contribution in [0.25, 0.3) is 11.4 Å². The third-order valence-corrected chi connectivity index (χ3v) is 7.01. The van der Waals surface area contributed by atoms with E-state index in [2.05, 4.69) is 47.7 Å². The molecule has 6 nitrogen and oxygen atoms in total. The second-order valence-electron chi connectivity index (χ2n) is 8.10. The molecule has 0 spiro atoms. The second kappa shape index (κ2) is 9.08. The molecule has 3 heterocycles. The first kappa shape index (κ1) is 20.7. The van der Waals surface area contributed by atoms with Gasteiger partial charge in [0.2, 0.25) is 5.91 Å². The van der Waals surface area contributed by atoms with Gasteiger partial charge in [0.15, 0.2) is 11.0 Å². The largest absolute Gasteiger partial charge is 0.467 e. The van der Waals surface area contributed by atoms with Crippen LogP contribution < -0.4 is 0 Å². The third kappa shape index (κ3) is 4.31. The zero-order valence-corrected chi connectivity index (χ0v) is 18.6. The van der Waals surface area contributed by atoms with Crippen LogP contribution in [-0.2, 0) is 11.3 Å². The number of aromatic nitrogens is 3. The van der Waals surface area contributed by atoms with E-state index in [-0.39, 0.29) is 17.1 Å². The highest BCUT2D eigenvalue weighted by molar-refractivity contribution is 8.00. The monoisotopic (exact) mass is 424 g/mol. The molecule has 4 rings (SSSR count).